The van der Waals surface area contributed by atoms with E-state index in [9.17, 15) is 22.8 Å². The van der Waals surface area contributed by atoms with Crippen LogP contribution in [0.15, 0.2) is 24.3 Å². The number of nitrogens with one attached hydrogen (secondary N) is 1. The van der Waals surface area contributed by atoms with Crippen LogP contribution in [0.4, 0.5) is 13.2 Å². The number of aliphatic carboxylic acids is 1. The van der Waals surface area contributed by atoms with Crippen LogP contribution < -0.4 is 5.32 Å². The van der Waals surface area contributed by atoms with Gasteiger partial charge in [-0.05, 0) is 30.5 Å². The maximum absolute atomic E-state index is 12.5. The summed E-state index contributed by atoms with van der Waals surface area (Å²) in [5, 5.41) is 11.7. The molecule has 23 heavy (non-hydrogen) atoms. The van der Waals surface area contributed by atoms with Crippen LogP contribution in [0.25, 0.3) is 0 Å². The predicted octanol–water partition coefficient (Wildman–Crippen LogP) is 3.40. The molecule has 0 saturated carbocycles. The molecule has 1 aromatic rings. The Labute approximate surface area is 132 Å². The molecule has 4 nitrogen and oxygen atoms in total. The van der Waals surface area contributed by atoms with Crippen molar-refractivity contribution in [2.24, 2.45) is 0 Å². The van der Waals surface area contributed by atoms with Crippen LogP contribution in [0.2, 0.25) is 0 Å². The third-order valence-electron chi connectivity index (χ3n) is 3.89. The van der Waals surface area contributed by atoms with E-state index in [1.165, 1.54) is 12.1 Å². The number of hydrogen-bond donors (Lipinski definition) is 2. The van der Waals surface area contributed by atoms with Crippen LogP contribution in [0.1, 0.15) is 44.2 Å². The molecule has 2 N–H and O–H groups in total. The number of rotatable bonds is 7. The van der Waals surface area contributed by atoms with E-state index >= 15 is 0 Å². The smallest absolute Gasteiger partial charge is 0.416 e. The highest BCUT2D eigenvalue weighted by molar-refractivity contribution is 5.80. The summed E-state index contributed by atoms with van der Waals surface area (Å²) in [7, 11) is 0. The number of benzene rings is 1. The van der Waals surface area contributed by atoms with Crippen molar-refractivity contribution < 1.29 is 27.9 Å². The van der Waals surface area contributed by atoms with Gasteiger partial charge in [-0.3, -0.25) is 9.59 Å². The SMILES string of the molecule is CCC(CC)(CC(=O)O)NC(=O)Cc1ccc(C(F)(F)F)cc1. The van der Waals surface area contributed by atoms with Crippen LogP contribution in [-0.2, 0) is 22.2 Å². The number of carboxylic acid groups (broad SMARTS) is 1. The maximum atomic E-state index is 12.5. The summed E-state index contributed by atoms with van der Waals surface area (Å²) < 4.78 is 37.4. The Kier molecular flexibility index (Phi) is 6.18. The molecule has 128 valence electrons. The summed E-state index contributed by atoms with van der Waals surface area (Å²) in [6.07, 6.45) is -3.80. The van der Waals surface area contributed by atoms with Crippen molar-refractivity contribution in [2.75, 3.05) is 0 Å². The van der Waals surface area contributed by atoms with Gasteiger partial charge in [-0.15, -0.1) is 0 Å². The van der Waals surface area contributed by atoms with Gasteiger partial charge < -0.3 is 10.4 Å². The van der Waals surface area contributed by atoms with Crippen LogP contribution in [0.3, 0.4) is 0 Å². The van der Waals surface area contributed by atoms with Crippen molar-refractivity contribution in [3.05, 3.63) is 35.4 Å². The Hall–Kier alpha value is -2.05. The van der Waals surface area contributed by atoms with Crippen LogP contribution in [0, 0.1) is 0 Å². The van der Waals surface area contributed by atoms with E-state index in [0.29, 0.717) is 18.4 Å². The molecule has 0 unspecified atom stereocenters. The standard InChI is InChI=1S/C16H20F3NO3/c1-3-15(4-2,10-14(22)23)20-13(21)9-11-5-7-12(8-6-11)16(17,18)19/h5-8H,3-4,9-10H2,1-2H3,(H,20,21)(H,22,23). The number of amides is 1. The van der Waals surface area contributed by atoms with E-state index in [4.69, 9.17) is 5.11 Å². The van der Waals surface area contributed by atoms with E-state index in [1.807, 2.05) is 0 Å². The third kappa shape index (κ3) is 5.58. The number of carbonyl (C=O) groups is 2. The monoisotopic (exact) mass is 331 g/mol. The fourth-order valence-electron chi connectivity index (χ4n) is 2.35. The number of carbonyl (C=O) groups excluding carboxylic acids is 1. The molecule has 1 amide bonds. The molecular formula is C16H20F3NO3. The zero-order valence-corrected chi connectivity index (χ0v) is 13.0. The van der Waals surface area contributed by atoms with Crippen LogP contribution >= 0.6 is 0 Å². The van der Waals surface area contributed by atoms with Gasteiger partial charge in [0, 0.05) is 5.54 Å². The van der Waals surface area contributed by atoms with Crippen molar-refractivity contribution in [3.8, 4) is 0 Å². The lowest BCUT2D eigenvalue weighted by Gasteiger charge is -2.31. The van der Waals surface area contributed by atoms with Gasteiger partial charge in [0.15, 0.2) is 0 Å². The normalized spacial score (nSPS) is 12.0. The minimum absolute atomic E-state index is 0.0977. The molecule has 0 aromatic heterocycles. The Morgan fingerprint density at radius 1 is 1.09 bits per heavy atom. The molecule has 0 spiro atoms. The van der Waals surface area contributed by atoms with Crippen molar-refractivity contribution in [2.45, 2.75) is 51.2 Å². The second-order valence-corrected chi connectivity index (χ2v) is 5.48. The lowest BCUT2D eigenvalue weighted by atomic mass is 9.88. The first-order valence-electron chi connectivity index (χ1n) is 7.31. The largest absolute Gasteiger partial charge is 0.481 e. The molecule has 7 heteroatoms. The summed E-state index contributed by atoms with van der Waals surface area (Å²) in [6.45, 7) is 3.57. The molecule has 0 aliphatic carbocycles. The minimum atomic E-state index is -4.41. The van der Waals surface area contributed by atoms with Gasteiger partial charge in [0.1, 0.15) is 0 Å². The van der Waals surface area contributed by atoms with Gasteiger partial charge >= 0.3 is 12.1 Å². The van der Waals surface area contributed by atoms with Crippen molar-refractivity contribution in [3.63, 3.8) is 0 Å². The van der Waals surface area contributed by atoms with E-state index in [1.54, 1.807) is 13.8 Å². The molecule has 0 radical (unpaired) electrons. The summed E-state index contributed by atoms with van der Waals surface area (Å²) in [5.41, 5.74) is -1.18. The van der Waals surface area contributed by atoms with E-state index in [0.717, 1.165) is 12.1 Å². The number of hydrogen-bond acceptors (Lipinski definition) is 2. The summed E-state index contributed by atoms with van der Waals surface area (Å²) >= 11 is 0. The van der Waals surface area contributed by atoms with Gasteiger partial charge in [-0.1, -0.05) is 26.0 Å². The van der Waals surface area contributed by atoms with Crippen LogP contribution in [0.5, 0.6) is 0 Å². The van der Waals surface area contributed by atoms with E-state index < -0.39 is 29.2 Å². The van der Waals surface area contributed by atoms with Crippen molar-refractivity contribution in [1.29, 1.82) is 0 Å². The van der Waals surface area contributed by atoms with Crippen molar-refractivity contribution in [1.82, 2.24) is 5.32 Å². The number of carboxylic acids is 1. The fraction of sp³-hybridized carbons (Fsp3) is 0.500. The molecule has 0 heterocycles. The predicted molar refractivity (Wildman–Crippen MR) is 78.9 cm³/mol. The number of alkyl halides is 3. The van der Waals surface area contributed by atoms with Gasteiger partial charge in [0.2, 0.25) is 5.91 Å². The summed E-state index contributed by atoms with van der Waals surface area (Å²) in [4.78, 5) is 23.0. The number of halogens is 3. The Morgan fingerprint density at radius 2 is 1.61 bits per heavy atom. The molecule has 0 aliphatic rings. The molecule has 0 saturated heterocycles. The molecule has 1 rings (SSSR count). The fourth-order valence-corrected chi connectivity index (χ4v) is 2.35. The van der Waals surface area contributed by atoms with Crippen molar-refractivity contribution >= 4 is 11.9 Å². The van der Waals surface area contributed by atoms with Gasteiger partial charge in [0.05, 0.1) is 18.4 Å². The average Bonchev–Trinajstić information content (AvgIpc) is 2.45. The molecule has 0 atom stereocenters. The quantitative estimate of drug-likeness (QED) is 0.805. The molecule has 0 bridgehead atoms. The van der Waals surface area contributed by atoms with Crippen LogP contribution in [-0.4, -0.2) is 22.5 Å². The first-order valence-corrected chi connectivity index (χ1v) is 7.31. The topological polar surface area (TPSA) is 66.4 Å². The Morgan fingerprint density at radius 3 is 2.00 bits per heavy atom. The Bertz CT molecular complexity index is 549. The summed E-state index contributed by atoms with van der Waals surface area (Å²) in [6, 6.07) is 4.35. The lowest BCUT2D eigenvalue weighted by molar-refractivity contribution is -0.139. The van der Waals surface area contributed by atoms with E-state index in [2.05, 4.69) is 5.32 Å². The minimum Gasteiger partial charge on any atom is -0.481 e. The first kappa shape index (κ1) is 19.0. The van der Waals surface area contributed by atoms with Gasteiger partial charge in [0.25, 0.3) is 0 Å². The van der Waals surface area contributed by atoms with Gasteiger partial charge in [-0.2, -0.15) is 13.2 Å². The Balaban J connectivity index is 2.77. The molecule has 1 aromatic carbocycles. The molecular weight excluding hydrogens is 311 g/mol. The average molecular weight is 331 g/mol. The highest BCUT2D eigenvalue weighted by Gasteiger charge is 2.31. The second kappa shape index (κ2) is 7.48. The van der Waals surface area contributed by atoms with Gasteiger partial charge in [-0.25, -0.2) is 0 Å². The van der Waals surface area contributed by atoms with E-state index in [-0.39, 0.29) is 12.8 Å². The summed E-state index contributed by atoms with van der Waals surface area (Å²) in [5.74, 6) is -1.42. The third-order valence-corrected chi connectivity index (χ3v) is 3.89. The zero-order valence-electron chi connectivity index (χ0n) is 13.0. The highest BCUT2D eigenvalue weighted by Crippen LogP contribution is 2.29. The molecule has 0 aliphatic heterocycles. The highest BCUT2D eigenvalue weighted by atomic mass is 19.4. The first-order chi connectivity index (χ1) is 10.6. The molecule has 0 fully saturated rings. The lowest BCUT2D eigenvalue weighted by Crippen LogP contribution is -2.49. The second-order valence-electron chi connectivity index (χ2n) is 5.48. The zero-order chi connectivity index (χ0) is 17.7. The maximum Gasteiger partial charge on any atom is 0.416 e.